The van der Waals surface area contributed by atoms with Crippen LogP contribution in [0, 0.1) is 0 Å². The van der Waals surface area contributed by atoms with Gasteiger partial charge in [0.15, 0.2) is 0 Å². The van der Waals surface area contributed by atoms with Gasteiger partial charge in [-0.05, 0) is 11.6 Å². The second-order valence-electron chi connectivity index (χ2n) is 3.76. The Hall–Kier alpha value is -2.29. The van der Waals surface area contributed by atoms with Crippen molar-refractivity contribution in [1.29, 1.82) is 0 Å². The number of hydrogen-bond acceptors (Lipinski definition) is 3. The number of hydrogen-bond donors (Lipinski definition) is 2. The van der Waals surface area contributed by atoms with Gasteiger partial charge in [-0.3, -0.25) is 0 Å². The van der Waals surface area contributed by atoms with Gasteiger partial charge in [-0.1, -0.05) is 41.6 Å². The summed E-state index contributed by atoms with van der Waals surface area (Å²) in [6, 6.07) is 13.4. The van der Waals surface area contributed by atoms with E-state index in [1.54, 1.807) is 0 Å². The van der Waals surface area contributed by atoms with Crippen LogP contribution in [0.1, 0.15) is 11.1 Å². The predicted octanol–water partition coefficient (Wildman–Crippen LogP) is 2.48. The van der Waals surface area contributed by atoms with Gasteiger partial charge in [0.05, 0.1) is 0 Å². The van der Waals surface area contributed by atoms with Gasteiger partial charge in [-0.15, -0.1) is 0 Å². The number of rotatable bonds is 0. The fourth-order valence-electron chi connectivity index (χ4n) is 2.23. The van der Waals surface area contributed by atoms with E-state index in [1.165, 1.54) is 0 Å². The molecule has 0 amide bonds. The molecule has 0 aliphatic heterocycles. The Morgan fingerprint density at radius 1 is 0.875 bits per heavy atom. The summed E-state index contributed by atoms with van der Waals surface area (Å²) >= 11 is 0. The summed E-state index contributed by atoms with van der Waals surface area (Å²) in [4.78, 5) is 0. The molecule has 0 fully saturated rings. The minimum atomic E-state index is 0.595. The lowest BCUT2D eigenvalue weighted by Crippen LogP contribution is -1.97. The van der Waals surface area contributed by atoms with Crippen LogP contribution in [-0.4, -0.2) is 10.9 Å². The topological polar surface area (TPSA) is 58.6 Å². The van der Waals surface area contributed by atoms with E-state index in [9.17, 15) is 0 Å². The standard InChI is InChI=1S/C13H10N2O/c14-11-7-3-6-10-12(11)8-4-1-2-5-9(8)13(10)15-16/h1-7,16H,14H2/b15-13+. The van der Waals surface area contributed by atoms with Crippen molar-refractivity contribution in [3.8, 4) is 11.1 Å². The molecular formula is C13H10N2O. The lowest BCUT2D eigenvalue weighted by Gasteiger charge is -2.03. The molecule has 16 heavy (non-hydrogen) atoms. The molecule has 0 saturated heterocycles. The first-order valence-corrected chi connectivity index (χ1v) is 5.03. The van der Waals surface area contributed by atoms with Crippen molar-refractivity contribution >= 4 is 11.4 Å². The zero-order valence-electron chi connectivity index (χ0n) is 8.51. The highest BCUT2D eigenvalue weighted by Gasteiger charge is 2.26. The molecule has 3 rings (SSSR count). The van der Waals surface area contributed by atoms with E-state index in [2.05, 4.69) is 5.16 Å². The zero-order valence-corrected chi connectivity index (χ0v) is 8.51. The fourth-order valence-corrected chi connectivity index (χ4v) is 2.23. The van der Waals surface area contributed by atoms with Crippen molar-refractivity contribution in [2.24, 2.45) is 5.16 Å². The quantitative estimate of drug-likeness (QED) is 0.340. The molecule has 2 aromatic carbocycles. The van der Waals surface area contributed by atoms with Crippen molar-refractivity contribution in [3.63, 3.8) is 0 Å². The van der Waals surface area contributed by atoms with Gasteiger partial charge >= 0.3 is 0 Å². The molecule has 3 heteroatoms. The van der Waals surface area contributed by atoms with E-state index in [0.717, 1.165) is 22.3 Å². The maximum atomic E-state index is 9.10. The molecule has 0 saturated carbocycles. The molecule has 0 unspecified atom stereocenters. The van der Waals surface area contributed by atoms with Crippen LogP contribution in [-0.2, 0) is 0 Å². The third kappa shape index (κ3) is 0.997. The third-order valence-corrected chi connectivity index (χ3v) is 2.90. The second-order valence-corrected chi connectivity index (χ2v) is 3.76. The van der Waals surface area contributed by atoms with Gasteiger partial charge in [-0.2, -0.15) is 0 Å². The summed E-state index contributed by atoms with van der Waals surface area (Å²) in [6.45, 7) is 0. The minimum Gasteiger partial charge on any atom is -0.410 e. The summed E-state index contributed by atoms with van der Waals surface area (Å²) in [5, 5.41) is 12.5. The Labute approximate surface area is 92.8 Å². The number of nitrogen functional groups attached to an aromatic ring is 1. The Morgan fingerprint density at radius 3 is 2.31 bits per heavy atom. The third-order valence-electron chi connectivity index (χ3n) is 2.90. The first-order chi connectivity index (χ1) is 7.83. The molecule has 2 aromatic rings. The Balaban J connectivity index is 2.45. The van der Waals surface area contributed by atoms with Gasteiger partial charge in [0.2, 0.25) is 0 Å². The molecular weight excluding hydrogens is 200 g/mol. The molecule has 78 valence electrons. The van der Waals surface area contributed by atoms with Crippen molar-refractivity contribution < 1.29 is 5.21 Å². The molecule has 0 aromatic heterocycles. The summed E-state index contributed by atoms with van der Waals surface area (Å²) in [7, 11) is 0. The van der Waals surface area contributed by atoms with Gasteiger partial charge < -0.3 is 10.9 Å². The van der Waals surface area contributed by atoms with Crippen LogP contribution in [0.3, 0.4) is 0 Å². The molecule has 0 bridgehead atoms. The number of oxime groups is 1. The highest BCUT2D eigenvalue weighted by atomic mass is 16.4. The monoisotopic (exact) mass is 210 g/mol. The smallest absolute Gasteiger partial charge is 0.118 e. The Morgan fingerprint density at radius 2 is 1.56 bits per heavy atom. The molecule has 1 aliphatic rings. The van der Waals surface area contributed by atoms with E-state index in [4.69, 9.17) is 10.9 Å². The summed E-state index contributed by atoms with van der Waals surface area (Å²) in [6.07, 6.45) is 0. The van der Waals surface area contributed by atoms with Crippen molar-refractivity contribution in [1.82, 2.24) is 0 Å². The molecule has 1 aliphatic carbocycles. The first-order valence-electron chi connectivity index (χ1n) is 5.03. The molecule has 0 heterocycles. The number of fused-ring (bicyclic) bond motifs is 3. The molecule has 0 radical (unpaired) electrons. The van der Waals surface area contributed by atoms with Crippen molar-refractivity contribution in [2.75, 3.05) is 5.73 Å². The van der Waals surface area contributed by atoms with E-state index in [0.29, 0.717) is 11.4 Å². The highest BCUT2D eigenvalue weighted by Crippen LogP contribution is 2.40. The van der Waals surface area contributed by atoms with Gasteiger partial charge in [0.25, 0.3) is 0 Å². The number of nitrogens with two attached hydrogens (primary N) is 1. The lowest BCUT2D eigenvalue weighted by atomic mass is 10.0. The van der Waals surface area contributed by atoms with Crippen LogP contribution in [0.2, 0.25) is 0 Å². The van der Waals surface area contributed by atoms with E-state index in [-0.39, 0.29) is 0 Å². The van der Waals surface area contributed by atoms with Gasteiger partial charge in [-0.25, -0.2) is 0 Å². The molecule has 0 atom stereocenters. The van der Waals surface area contributed by atoms with E-state index >= 15 is 0 Å². The van der Waals surface area contributed by atoms with Crippen molar-refractivity contribution in [2.45, 2.75) is 0 Å². The number of anilines is 1. The summed E-state index contributed by atoms with van der Waals surface area (Å²) in [5.74, 6) is 0. The fraction of sp³-hybridized carbons (Fsp3) is 0. The van der Waals surface area contributed by atoms with E-state index < -0.39 is 0 Å². The number of benzene rings is 2. The predicted molar refractivity (Wildman–Crippen MR) is 63.7 cm³/mol. The maximum absolute atomic E-state index is 9.10. The summed E-state index contributed by atoms with van der Waals surface area (Å²) < 4.78 is 0. The van der Waals surface area contributed by atoms with Gasteiger partial charge in [0.1, 0.15) is 5.71 Å². The normalized spacial score (nSPS) is 14.9. The number of nitrogens with zero attached hydrogens (tertiary/aromatic N) is 1. The largest absolute Gasteiger partial charge is 0.410 e. The van der Waals surface area contributed by atoms with Crippen LogP contribution in [0.4, 0.5) is 5.69 Å². The molecule has 3 nitrogen and oxygen atoms in total. The average Bonchev–Trinajstić information content (AvgIpc) is 2.64. The Bertz CT molecular complexity index is 603. The first kappa shape index (κ1) is 8.97. The van der Waals surface area contributed by atoms with Crippen LogP contribution >= 0.6 is 0 Å². The second kappa shape index (κ2) is 3.10. The van der Waals surface area contributed by atoms with Crippen LogP contribution < -0.4 is 5.73 Å². The Kier molecular flexibility index (Phi) is 1.74. The molecule has 3 N–H and O–H groups in total. The van der Waals surface area contributed by atoms with Gasteiger partial charge in [0, 0.05) is 22.4 Å². The van der Waals surface area contributed by atoms with Crippen LogP contribution in [0.15, 0.2) is 47.6 Å². The minimum absolute atomic E-state index is 0.595. The lowest BCUT2D eigenvalue weighted by molar-refractivity contribution is 0.320. The zero-order chi connectivity index (χ0) is 11.1. The molecule has 0 spiro atoms. The highest BCUT2D eigenvalue weighted by molar-refractivity contribution is 6.25. The van der Waals surface area contributed by atoms with Crippen molar-refractivity contribution in [3.05, 3.63) is 53.6 Å². The van der Waals surface area contributed by atoms with E-state index in [1.807, 2.05) is 42.5 Å². The SMILES string of the molecule is Nc1cccc2c1-c1ccccc1/C2=N\O. The van der Waals surface area contributed by atoms with Crippen LogP contribution in [0.5, 0.6) is 0 Å². The van der Waals surface area contributed by atoms with Crippen LogP contribution in [0.25, 0.3) is 11.1 Å². The average molecular weight is 210 g/mol. The summed E-state index contributed by atoms with van der Waals surface area (Å²) in [5.41, 5.74) is 11.1. The maximum Gasteiger partial charge on any atom is 0.118 e.